The van der Waals surface area contributed by atoms with Crippen molar-refractivity contribution >= 4 is 17.9 Å². The quantitative estimate of drug-likeness (QED) is 0.585. The van der Waals surface area contributed by atoms with Crippen LogP contribution in [0.15, 0.2) is 30.3 Å². The van der Waals surface area contributed by atoms with Crippen molar-refractivity contribution in [1.29, 1.82) is 0 Å². The summed E-state index contributed by atoms with van der Waals surface area (Å²) in [7, 11) is 0. The molecule has 0 radical (unpaired) electrons. The third-order valence-corrected chi connectivity index (χ3v) is 2.41. The summed E-state index contributed by atoms with van der Waals surface area (Å²) in [6.07, 6.45) is -0.610. The number of ether oxygens (including phenoxy) is 1. The lowest BCUT2D eigenvalue weighted by molar-refractivity contribution is -0.148. The molecule has 0 amide bonds. The Morgan fingerprint density at radius 3 is 2.35 bits per heavy atom. The number of hydrogen-bond donors (Lipinski definition) is 3. The summed E-state index contributed by atoms with van der Waals surface area (Å²) in [5.74, 6) is -3.24. The van der Waals surface area contributed by atoms with Crippen LogP contribution in [0.5, 0.6) is 0 Å². The fraction of sp³-hybridized carbons (Fsp3) is 0.308. The number of hydrogen-bond acceptors (Lipinski definition) is 5. The predicted molar refractivity (Wildman–Crippen MR) is 67.9 cm³/mol. The Bertz CT molecular complexity index is 473. The van der Waals surface area contributed by atoms with E-state index in [0.29, 0.717) is 0 Å². The number of rotatable bonds is 8. The van der Waals surface area contributed by atoms with Crippen molar-refractivity contribution < 1.29 is 29.3 Å². The van der Waals surface area contributed by atoms with E-state index in [1.54, 1.807) is 24.3 Å². The van der Waals surface area contributed by atoms with Gasteiger partial charge in [0.15, 0.2) is 0 Å². The predicted octanol–water partition coefficient (Wildman–Crippen LogP) is 0.247. The van der Waals surface area contributed by atoms with E-state index in [0.717, 1.165) is 5.56 Å². The number of carbonyl (C=O) groups excluding carboxylic acids is 1. The number of carbonyl (C=O) groups is 3. The standard InChI is InChI=1S/C13H15NO6/c15-11(16)6-10(13(18)19)14-7-12(17)20-8-9-4-2-1-3-5-9/h1-5,10,14H,6-8H2,(H,15,16)(H,18,19)/t10-/m0/s1. The first-order valence-corrected chi connectivity index (χ1v) is 5.86. The number of benzene rings is 1. The van der Waals surface area contributed by atoms with Crippen molar-refractivity contribution in [2.24, 2.45) is 0 Å². The molecule has 0 aliphatic heterocycles. The van der Waals surface area contributed by atoms with E-state index in [4.69, 9.17) is 14.9 Å². The van der Waals surface area contributed by atoms with Crippen LogP contribution in [0.2, 0.25) is 0 Å². The van der Waals surface area contributed by atoms with Crippen LogP contribution in [0, 0.1) is 0 Å². The molecule has 0 saturated carbocycles. The molecule has 0 bridgehead atoms. The van der Waals surface area contributed by atoms with Gasteiger partial charge in [0, 0.05) is 0 Å². The van der Waals surface area contributed by atoms with E-state index in [9.17, 15) is 14.4 Å². The van der Waals surface area contributed by atoms with E-state index >= 15 is 0 Å². The van der Waals surface area contributed by atoms with Crippen LogP contribution in [-0.2, 0) is 25.7 Å². The zero-order valence-corrected chi connectivity index (χ0v) is 10.6. The van der Waals surface area contributed by atoms with Crippen molar-refractivity contribution in [3.8, 4) is 0 Å². The van der Waals surface area contributed by atoms with Gasteiger partial charge in [-0.3, -0.25) is 19.7 Å². The van der Waals surface area contributed by atoms with Crippen molar-refractivity contribution in [3.05, 3.63) is 35.9 Å². The molecule has 0 aromatic heterocycles. The molecule has 0 aliphatic carbocycles. The summed E-state index contributed by atoms with van der Waals surface area (Å²) >= 11 is 0. The lowest BCUT2D eigenvalue weighted by Gasteiger charge is -2.11. The summed E-state index contributed by atoms with van der Waals surface area (Å²) in [5, 5.41) is 19.6. The molecule has 0 aliphatic rings. The average molecular weight is 281 g/mol. The largest absolute Gasteiger partial charge is 0.481 e. The average Bonchev–Trinajstić information content (AvgIpc) is 2.41. The Morgan fingerprint density at radius 2 is 1.80 bits per heavy atom. The zero-order chi connectivity index (χ0) is 15.0. The van der Waals surface area contributed by atoms with Gasteiger partial charge in [0.25, 0.3) is 0 Å². The molecule has 0 saturated heterocycles. The molecular weight excluding hydrogens is 266 g/mol. The number of nitrogens with one attached hydrogen (secondary N) is 1. The zero-order valence-electron chi connectivity index (χ0n) is 10.6. The van der Waals surface area contributed by atoms with Gasteiger partial charge in [-0.25, -0.2) is 0 Å². The first-order chi connectivity index (χ1) is 9.49. The lowest BCUT2D eigenvalue weighted by Crippen LogP contribution is -2.41. The maximum Gasteiger partial charge on any atom is 0.321 e. The van der Waals surface area contributed by atoms with E-state index in [1.165, 1.54) is 0 Å². The summed E-state index contributed by atoms with van der Waals surface area (Å²) in [6.45, 7) is -0.283. The third-order valence-electron chi connectivity index (χ3n) is 2.41. The van der Waals surface area contributed by atoms with Crippen molar-refractivity contribution in [1.82, 2.24) is 5.32 Å². The molecule has 20 heavy (non-hydrogen) atoms. The SMILES string of the molecule is O=C(O)C[C@H](NCC(=O)OCc1ccccc1)C(=O)O. The Labute approximate surface area is 115 Å². The lowest BCUT2D eigenvalue weighted by atomic mass is 10.2. The van der Waals surface area contributed by atoms with Crippen LogP contribution in [0.4, 0.5) is 0 Å². The topological polar surface area (TPSA) is 113 Å². The number of carboxylic acid groups (broad SMARTS) is 2. The Balaban J connectivity index is 2.34. The van der Waals surface area contributed by atoms with Gasteiger partial charge in [-0.1, -0.05) is 30.3 Å². The molecule has 7 nitrogen and oxygen atoms in total. The Kier molecular flexibility index (Phi) is 6.18. The molecule has 0 heterocycles. The maximum absolute atomic E-state index is 11.4. The van der Waals surface area contributed by atoms with Crippen LogP contribution in [-0.4, -0.2) is 40.7 Å². The van der Waals surface area contributed by atoms with E-state index in [1.807, 2.05) is 6.07 Å². The normalized spacial score (nSPS) is 11.6. The summed E-state index contributed by atoms with van der Waals surface area (Å²) in [6, 6.07) is 7.67. The summed E-state index contributed by atoms with van der Waals surface area (Å²) in [5.41, 5.74) is 0.807. The first-order valence-electron chi connectivity index (χ1n) is 5.86. The Morgan fingerprint density at radius 1 is 1.15 bits per heavy atom. The minimum atomic E-state index is -1.33. The number of aliphatic carboxylic acids is 2. The molecule has 0 unspecified atom stereocenters. The van der Waals surface area contributed by atoms with Crippen LogP contribution >= 0.6 is 0 Å². The van der Waals surface area contributed by atoms with Crippen molar-refractivity contribution in [2.45, 2.75) is 19.1 Å². The second-order valence-corrected chi connectivity index (χ2v) is 4.02. The minimum Gasteiger partial charge on any atom is -0.481 e. The molecule has 1 rings (SSSR count). The molecule has 3 N–H and O–H groups in total. The third kappa shape index (κ3) is 5.96. The Hall–Kier alpha value is -2.41. The van der Waals surface area contributed by atoms with E-state index in [2.05, 4.69) is 5.32 Å². The fourth-order valence-corrected chi connectivity index (χ4v) is 1.42. The van der Waals surface area contributed by atoms with Crippen LogP contribution in [0.1, 0.15) is 12.0 Å². The van der Waals surface area contributed by atoms with Gasteiger partial charge in [-0.15, -0.1) is 0 Å². The first kappa shape index (κ1) is 15.6. The fourth-order valence-electron chi connectivity index (χ4n) is 1.42. The molecule has 1 atom stereocenters. The van der Waals surface area contributed by atoms with Gasteiger partial charge in [0.05, 0.1) is 13.0 Å². The molecule has 1 aromatic rings. The van der Waals surface area contributed by atoms with Crippen LogP contribution in [0.25, 0.3) is 0 Å². The second kappa shape index (κ2) is 7.90. The minimum absolute atomic E-state index is 0.0814. The monoisotopic (exact) mass is 281 g/mol. The van der Waals surface area contributed by atoms with Gasteiger partial charge in [-0.05, 0) is 5.56 Å². The molecular formula is C13H15NO6. The molecule has 0 fully saturated rings. The summed E-state index contributed by atoms with van der Waals surface area (Å²) in [4.78, 5) is 32.6. The highest BCUT2D eigenvalue weighted by atomic mass is 16.5. The molecule has 0 spiro atoms. The van der Waals surface area contributed by atoms with E-state index in [-0.39, 0.29) is 13.2 Å². The second-order valence-electron chi connectivity index (χ2n) is 4.02. The van der Waals surface area contributed by atoms with Gasteiger partial charge in [0.2, 0.25) is 0 Å². The smallest absolute Gasteiger partial charge is 0.321 e. The molecule has 108 valence electrons. The van der Waals surface area contributed by atoms with Gasteiger partial charge in [-0.2, -0.15) is 0 Å². The highest BCUT2D eigenvalue weighted by molar-refractivity contribution is 5.81. The molecule has 1 aromatic carbocycles. The summed E-state index contributed by atoms with van der Waals surface area (Å²) < 4.78 is 4.92. The highest BCUT2D eigenvalue weighted by Crippen LogP contribution is 2.00. The van der Waals surface area contributed by atoms with Gasteiger partial charge < -0.3 is 14.9 Å². The van der Waals surface area contributed by atoms with E-state index < -0.39 is 30.4 Å². The number of esters is 1. The van der Waals surface area contributed by atoms with Crippen molar-refractivity contribution in [2.75, 3.05) is 6.54 Å². The van der Waals surface area contributed by atoms with Gasteiger partial charge in [0.1, 0.15) is 12.6 Å². The van der Waals surface area contributed by atoms with Crippen molar-refractivity contribution in [3.63, 3.8) is 0 Å². The maximum atomic E-state index is 11.4. The van der Waals surface area contributed by atoms with Crippen LogP contribution < -0.4 is 5.32 Å². The number of carboxylic acids is 2. The van der Waals surface area contributed by atoms with Crippen LogP contribution in [0.3, 0.4) is 0 Å². The van der Waals surface area contributed by atoms with Gasteiger partial charge >= 0.3 is 17.9 Å². The molecule has 7 heteroatoms. The highest BCUT2D eigenvalue weighted by Gasteiger charge is 2.21.